The van der Waals surface area contributed by atoms with Crippen LogP contribution in [0.5, 0.6) is 0 Å². The predicted molar refractivity (Wildman–Crippen MR) is 105 cm³/mol. The molecule has 2 aromatic heterocycles. The maximum Gasteiger partial charge on any atom is 0.251 e. The largest absolute Gasteiger partial charge is 0.383 e. The van der Waals surface area contributed by atoms with Crippen molar-refractivity contribution >= 4 is 44.9 Å². The number of hydrogen-bond acceptors (Lipinski definition) is 6. The molecule has 1 aromatic carbocycles. The van der Waals surface area contributed by atoms with E-state index in [9.17, 15) is 4.79 Å². The van der Waals surface area contributed by atoms with E-state index < -0.39 is 0 Å². The smallest absolute Gasteiger partial charge is 0.251 e. The van der Waals surface area contributed by atoms with Gasteiger partial charge in [-0.2, -0.15) is 0 Å². The van der Waals surface area contributed by atoms with Gasteiger partial charge < -0.3 is 15.4 Å². The van der Waals surface area contributed by atoms with Gasteiger partial charge in [0.2, 0.25) is 5.28 Å². The molecule has 0 aliphatic heterocycles. The maximum absolute atomic E-state index is 12.0. The van der Waals surface area contributed by atoms with Crippen LogP contribution in [0.25, 0.3) is 10.2 Å². The molecule has 1 amide bonds. The van der Waals surface area contributed by atoms with Crippen LogP contribution in [0.1, 0.15) is 20.8 Å². The molecule has 0 atom stereocenters. The minimum absolute atomic E-state index is 0.111. The number of nitrogens with one attached hydrogen (secondary N) is 2. The van der Waals surface area contributed by atoms with E-state index in [-0.39, 0.29) is 11.2 Å². The lowest BCUT2D eigenvalue weighted by molar-refractivity contribution is 0.0937. The first-order valence-corrected chi connectivity index (χ1v) is 9.30. The zero-order valence-electron chi connectivity index (χ0n) is 14.5. The summed E-state index contributed by atoms with van der Waals surface area (Å²) in [6.45, 7) is 3.58. The molecule has 0 bridgehead atoms. The van der Waals surface area contributed by atoms with Crippen LogP contribution in [0, 0.1) is 6.92 Å². The maximum atomic E-state index is 12.0. The third kappa shape index (κ3) is 4.49. The molecule has 6 nitrogen and oxygen atoms in total. The number of halogens is 1. The number of ether oxygens (including phenoxy) is 1. The van der Waals surface area contributed by atoms with Crippen molar-refractivity contribution in [2.24, 2.45) is 0 Å². The van der Waals surface area contributed by atoms with Crippen LogP contribution >= 0.6 is 22.9 Å². The lowest BCUT2D eigenvalue weighted by Gasteiger charge is -2.08. The first-order valence-electron chi connectivity index (χ1n) is 8.10. The topological polar surface area (TPSA) is 76.1 Å². The molecule has 0 spiro atoms. The standard InChI is InChI=1S/C18H19ClN4O2S/c1-11-9-14-15(22-18(19)23-17(14)26-11)21-10-12-3-5-13(6-4-12)16(24)20-7-8-25-2/h3-6,9H,7-8,10H2,1-2H3,(H,20,24)(H,21,22,23). The average molecular weight is 391 g/mol. The zero-order chi connectivity index (χ0) is 18.5. The Hall–Kier alpha value is -2.22. The van der Waals surface area contributed by atoms with Gasteiger partial charge in [-0.25, -0.2) is 9.97 Å². The fourth-order valence-electron chi connectivity index (χ4n) is 2.48. The van der Waals surface area contributed by atoms with Crippen molar-refractivity contribution in [3.8, 4) is 0 Å². The van der Waals surface area contributed by atoms with Gasteiger partial charge in [0, 0.05) is 30.6 Å². The van der Waals surface area contributed by atoms with E-state index in [2.05, 4.69) is 20.6 Å². The minimum atomic E-state index is -0.111. The molecule has 136 valence electrons. The highest BCUT2D eigenvalue weighted by Crippen LogP contribution is 2.29. The molecule has 0 saturated carbocycles. The van der Waals surface area contributed by atoms with Gasteiger partial charge in [0.25, 0.3) is 5.91 Å². The number of benzene rings is 1. The van der Waals surface area contributed by atoms with Gasteiger partial charge in [-0.1, -0.05) is 12.1 Å². The van der Waals surface area contributed by atoms with Gasteiger partial charge in [-0.3, -0.25) is 4.79 Å². The number of carbonyl (C=O) groups is 1. The van der Waals surface area contributed by atoms with Crippen molar-refractivity contribution in [3.05, 3.63) is 51.6 Å². The third-order valence-corrected chi connectivity index (χ3v) is 4.87. The van der Waals surface area contributed by atoms with Gasteiger partial charge in [-0.05, 0) is 42.3 Å². The number of carbonyl (C=O) groups excluding carboxylic acids is 1. The molecule has 0 saturated heterocycles. The number of anilines is 1. The zero-order valence-corrected chi connectivity index (χ0v) is 16.1. The second-order valence-electron chi connectivity index (χ2n) is 5.72. The molecule has 3 rings (SSSR count). The van der Waals surface area contributed by atoms with Gasteiger partial charge in [0.05, 0.1) is 12.0 Å². The first-order chi connectivity index (χ1) is 12.6. The van der Waals surface area contributed by atoms with Crippen molar-refractivity contribution in [1.82, 2.24) is 15.3 Å². The summed E-state index contributed by atoms with van der Waals surface area (Å²) in [6.07, 6.45) is 0. The van der Waals surface area contributed by atoms with E-state index in [1.54, 1.807) is 30.6 Å². The quantitative estimate of drug-likeness (QED) is 0.475. The Kier molecular flexibility index (Phi) is 6.03. The SMILES string of the molecule is COCCNC(=O)c1ccc(CNc2nc(Cl)nc3sc(C)cc23)cc1. The van der Waals surface area contributed by atoms with Crippen molar-refractivity contribution < 1.29 is 9.53 Å². The number of nitrogens with zero attached hydrogens (tertiary/aromatic N) is 2. The monoisotopic (exact) mass is 390 g/mol. The number of amides is 1. The summed E-state index contributed by atoms with van der Waals surface area (Å²) < 4.78 is 4.92. The van der Waals surface area contributed by atoms with Gasteiger partial charge in [0.1, 0.15) is 10.6 Å². The normalized spacial score (nSPS) is 10.9. The number of thiophene rings is 1. The van der Waals surface area contributed by atoms with Crippen LogP contribution in [0.15, 0.2) is 30.3 Å². The van der Waals surface area contributed by atoms with Crippen molar-refractivity contribution in [2.75, 3.05) is 25.6 Å². The Bertz CT molecular complexity index is 911. The average Bonchev–Trinajstić information content (AvgIpc) is 3.00. The molecule has 2 N–H and O–H groups in total. The summed E-state index contributed by atoms with van der Waals surface area (Å²) in [7, 11) is 1.60. The van der Waals surface area contributed by atoms with E-state index >= 15 is 0 Å². The third-order valence-electron chi connectivity index (χ3n) is 3.76. The summed E-state index contributed by atoms with van der Waals surface area (Å²) in [4.78, 5) is 22.6. The van der Waals surface area contributed by atoms with Crippen LogP contribution < -0.4 is 10.6 Å². The van der Waals surface area contributed by atoms with Crippen LogP contribution in [0.4, 0.5) is 5.82 Å². The Morgan fingerprint density at radius 1 is 1.27 bits per heavy atom. The number of aromatic nitrogens is 2. The molecular weight excluding hydrogens is 372 g/mol. The van der Waals surface area contributed by atoms with Gasteiger partial charge in [-0.15, -0.1) is 11.3 Å². The van der Waals surface area contributed by atoms with Crippen LogP contribution in [0.2, 0.25) is 5.28 Å². The summed E-state index contributed by atoms with van der Waals surface area (Å²) in [5, 5.41) is 7.29. The highest BCUT2D eigenvalue weighted by atomic mass is 35.5. The fraction of sp³-hybridized carbons (Fsp3) is 0.278. The number of rotatable bonds is 7. The summed E-state index contributed by atoms with van der Waals surface area (Å²) >= 11 is 7.60. The van der Waals surface area contributed by atoms with Gasteiger partial charge in [0.15, 0.2) is 0 Å². The van der Waals surface area contributed by atoms with E-state index in [4.69, 9.17) is 16.3 Å². The molecule has 0 unspecified atom stereocenters. The summed E-state index contributed by atoms with van der Waals surface area (Å²) in [5.41, 5.74) is 1.65. The fourth-order valence-corrected chi connectivity index (χ4v) is 3.58. The Morgan fingerprint density at radius 3 is 2.77 bits per heavy atom. The van der Waals surface area contributed by atoms with Crippen LogP contribution in [-0.4, -0.2) is 36.1 Å². The molecule has 0 aliphatic carbocycles. The highest BCUT2D eigenvalue weighted by molar-refractivity contribution is 7.18. The molecule has 8 heteroatoms. The lowest BCUT2D eigenvalue weighted by atomic mass is 10.1. The Balaban J connectivity index is 1.66. The molecule has 3 aromatic rings. The van der Waals surface area contributed by atoms with E-state index in [0.717, 1.165) is 20.7 Å². The highest BCUT2D eigenvalue weighted by Gasteiger charge is 2.10. The Morgan fingerprint density at radius 2 is 2.04 bits per heavy atom. The molecule has 0 fully saturated rings. The molecule has 0 radical (unpaired) electrons. The van der Waals surface area contributed by atoms with Crippen molar-refractivity contribution in [3.63, 3.8) is 0 Å². The molecular formula is C18H19ClN4O2S. The summed E-state index contributed by atoms with van der Waals surface area (Å²) in [6, 6.07) is 9.48. The summed E-state index contributed by atoms with van der Waals surface area (Å²) in [5.74, 6) is 0.602. The van der Waals surface area contributed by atoms with Gasteiger partial charge >= 0.3 is 0 Å². The van der Waals surface area contributed by atoms with E-state index in [1.807, 2.05) is 25.1 Å². The second-order valence-corrected chi connectivity index (χ2v) is 7.29. The number of methoxy groups -OCH3 is 1. The number of hydrogen-bond donors (Lipinski definition) is 2. The number of fused-ring (bicyclic) bond motifs is 1. The predicted octanol–water partition coefficient (Wildman–Crippen LogP) is 3.64. The lowest BCUT2D eigenvalue weighted by Crippen LogP contribution is -2.26. The molecule has 2 heterocycles. The Labute approximate surface area is 160 Å². The van der Waals surface area contributed by atoms with Crippen LogP contribution in [-0.2, 0) is 11.3 Å². The second kappa shape index (κ2) is 8.44. The van der Waals surface area contributed by atoms with Crippen LogP contribution in [0.3, 0.4) is 0 Å². The first kappa shape index (κ1) is 18.6. The van der Waals surface area contributed by atoms with E-state index in [1.165, 1.54) is 0 Å². The van der Waals surface area contributed by atoms with Crippen molar-refractivity contribution in [2.45, 2.75) is 13.5 Å². The molecule has 0 aliphatic rings. The number of aryl methyl sites for hydroxylation is 1. The molecule has 26 heavy (non-hydrogen) atoms. The van der Waals surface area contributed by atoms with Crippen molar-refractivity contribution in [1.29, 1.82) is 0 Å². The van der Waals surface area contributed by atoms with E-state index in [0.29, 0.717) is 31.1 Å². The minimum Gasteiger partial charge on any atom is -0.383 e.